The molecule has 0 saturated heterocycles. The van der Waals surface area contributed by atoms with E-state index in [2.05, 4.69) is 26.1 Å². The molecule has 2 aromatic rings. The van der Waals surface area contributed by atoms with Gasteiger partial charge in [0.2, 0.25) is 0 Å². The minimum atomic E-state index is -3.93. The van der Waals surface area contributed by atoms with Crippen LogP contribution < -0.4 is 0 Å². The van der Waals surface area contributed by atoms with Gasteiger partial charge in [-0.15, -0.1) is 10.2 Å². The lowest BCUT2D eigenvalue weighted by Gasteiger charge is -2.08. The molecule has 1 aromatic carbocycles. The van der Waals surface area contributed by atoms with Crippen molar-refractivity contribution in [3.05, 3.63) is 27.7 Å². The zero-order valence-corrected chi connectivity index (χ0v) is 13.8. The molecule has 20 heavy (non-hydrogen) atoms. The Morgan fingerprint density at radius 1 is 1.25 bits per heavy atom. The van der Waals surface area contributed by atoms with Gasteiger partial charge in [-0.05, 0) is 31.0 Å². The zero-order chi connectivity index (χ0) is 14.5. The van der Waals surface area contributed by atoms with Crippen LogP contribution in [-0.2, 0) is 9.05 Å². The lowest BCUT2D eigenvalue weighted by atomic mass is 10.2. The van der Waals surface area contributed by atoms with Crippen LogP contribution >= 0.6 is 38.2 Å². The van der Waals surface area contributed by atoms with E-state index in [-0.39, 0.29) is 11.2 Å². The fourth-order valence-electron chi connectivity index (χ4n) is 1.98. The third kappa shape index (κ3) is 2.72. The fraction of sp³-hybridized carbons (Fsp3) is 0.273. The first-order valence-electron chi connectivity index (χ1n) is 5.72. The lowest BCUT2D eigenvalue weighted by Crippen LogP contribution is -2.06. The molecule has 1 fully saturated rings. The topological polar surface area (TPSA) is 64.8 Å². The molecule has 0 radical (unpaired) electrons. The molecule has 106 valence electrons. The van der Waals surface area contributed by atoms with Gasteiger partial charge in [0.25, 0.3) is 14.2 Å². The second-order valence-corrected chi connectivity index (χ2v) is 8.32. The average molecular weight is 397 g/mol. The standard InChI is InChI=1S/C11H8BrCl2N3O2S/c12-7-3-6(4-8(13)5-7)10-15-16-11(20(14,18)19)17(10)9-1-2-9/h3-5,9H,1-2H2. The van der Waals surface area contributed by atoms with Crippen molar-refractivity contribution in [2.45, 2.75) is 24.0 Å². The molecule has 0 aliphatic heterocycles. The van der Waals surface area contributed by atoms with Gasteiger partial charge in [0, 0.05) is 31.8 Å². The summed E-state index contributed by atoms with van der Waals surface area (Å²) in [7, 11) is 1.48. The summed E-state index contributed by atoms with van der Waals surface area (Å²) >= 11 is 9.36. The van der Waals surface area contributed by atoms with Crippen molar-refractivity contribution in [3.63, 3.8) is 0 Å². The van der Waals surface area contributed by atoms with Gasteiger partial charge in [0.05, 0.1) is 0 Å². The first-order valence-corrected chi connectivity index (χ1v) is 9.20. The van der Waals surface area contributed by atoms with Gasteiger partial charge in [-0.3, -0.25) is 4.57 Å². The van der Waals surface area contributed by atoms with E-state index >= 15 is 0 Å². The number of benzene rings is 1. The molecule has 9 heteroatoms. The summed E-state index contributed by atoms with van der Waals surface area (Å²) in [4.78, 5) is 0. The summed E-state index contributed by atoms with van der Waals surface area (Å²) in [6.07, 6.45) is 1.76. The van der Waals surface area contributed by atoms with Crippen LogP contribution in [0.4, 0.5) is 0 Å². The van der Waals surface area contributed by atoms with Crippen molar-refractivity contribution in [2.24, 2.45) is 0 Å². The van der Waals surface area contributed by atoms with Crippen molar-refractivity contribution in [1.29, 1.82) is 0 Å². The molecular formula is C11H8BrCl2N3O2S. The number of rotatable bonds is 3. The summed E-state index contributed by atoms with van der Waals surface area (Å²) in [6, 6.07) is 5.32. The Morgan fingerprint density at radius 2 is 1.95 bits per heavy atom. The number of aromatic nitrogens is 3. The minimum absolute atomic E-state index is 0.0706. The van der Waals surface area contributed by atoms with Gasteiger partial charge in [0.1, 0.15) is 0 Å². The smallest absolute Gasteiger partial charge is 0.294 e. The third-order valence-corrected chi connectivity index (χ3v) is 4.72. The molecule has 1 aliphatic rings. The van der Waals surface area contributed by atoms with E-state index in [1.807, 2.05) is 0 Å². The van der Waals surface area contributed by atoms with Gasteiger partial charge < -0.3 is 0 Å². The second kappa shape index (κ2) is 4.98. The second-order valence-electron chi connectivity index (χ2n) is 4.50. The van der Waals surface area contributed by atoms with E-state index < -0.39 is 9.05 Å². The van der Waals surface area contributed by atoms with E-state index in [0.29, 0.717) is 16.4 Å². The van der Waals surface area contributed by atoms with Gasteiger partial charge >= 0.3 is 0 Å². The molecule has 1 heterocycles. The largest absolute Gasteiger partial charge is 0.296 e. The van der Waals surface area contributed by atoms with E-state index in [4.69, 9.17) is 22.3 Å². The molecule has 0 unspecified atom stereocenters. The molecule has 5 nitrogen and oxygen atoms in total. The first kappa shape index (κ1) is 14.3. The predicted octanol–water partition coefficient (Wildman–Crippen LogP) is 3.62. The average Bonchev–Trinajstić information content (AvgIpc) is 3.04. The maximum Gasteiger partial charge on any atom is 0.296 e. The number of hydrogen-bond acceptors (Lipinski definition) is 4. The molecule has 0 amide bonds. The zero-order valence-electron chi connectivity index (χ0n) is 9.92. The quantitative estimate of drug-likeness (QED) is 0.743. The van der Waals surface area contributed by atoms with Crippen LogP contribution in [0.2, 0.25) is 5.02 Å². The maximum absolute atomic E-state index is 11.6. The molecule has 0 bridgehead atoms. The highest BCUT2D eigenvalue weighted by Gasteiger charge is 2.34. The van der Waals surface area contributed by atoms with Crippen LogP contribution in [0.25, 0.3) is 11.4 Å². The van der Waals surface area contributed by atoms with Gasteiger partial charge in [-0.2, -0.15) is 0 Å². The highest BCUT2D eigenvalue weighted by Crippen LogP contribution is 2.41. The van der Waals surface area contributed by atoms with Crippen LogP contribution in [0.15, 0.2) is 27.8 Å². The van der Waals surface area contributed by atoms with Crippen molar-refractivity contribution in [3.8, 4) is 11.4 Å². The first-order chi connectivity index (χ1) is 9.36. The summed E-state index contributed by atoms with van der Waals surface area (Å²) < 4.78 is 25.5. The normalized spacial score (nSPS) is 15.6. The molecule has 1 aliphatic carbocycles. The van der Waals surface area contributed by atoms with Gasteiger partial charge in [0.15, 0.2) is 5.82 Å². The molecule has 0 spiro atoms. The van der Waals surface area contributed by atoms with E-state index in [1.54, 1.807) is 22.8 Å². The highest BCUT2D eigenvalue weighted by atomic mass is 79.9. The predicted molar refractivity (Wildman–Crippen MR) is 79.5 cm³/mol. The number of hydrogen-bond donors (Lipinski definition) is 0. The van der Waals surface area contributed by atoms with Crippen molar-refractivity contribution < 1.29 is 8.42 Å². The van der Waals surface area contributed by atoms with Crippen molar-refractivity contribution in [2.75, 3.05) is 0 Å². The fourth-order valence-corrected chi connectivity index (χ4v) is 3.77. The van der Waals surface area contributed by atoms with Crippen LogP contribution in [0.5, 0.6) is 0 Å². The van der Waals surface area contributed by atoms with Crippen molar-refractivity contribution in [1.82, 2.24) is 14.8 Å². The number of halogens is 3. The molecule has 0 N–H and O–H groups in total. The van der Waals surface area contributed by atoms with Crippen LogP contribution in [0, 0.1) is 0 Å². The summed E-state index contributed by atoms with van der Waals surface area (Å²) in [6.45, 7) is 0. The minimum Gasteiger partial charge on any atom is -0.294 e. The maximum atomic E-state index is 11.6. The Kier molecular flexibility index (Phi) is 3.56. The highest BCUT2D eigenvalue weighted by molar-refractivity contribution is 9.10. The lowest BCUT2D eigenvalue weighted by molar-refractivity contribution is 0.579. The molecule has 1 aromatic heterocycles. The van der Waals surface area contributed by atoms with Crippen LogP contribution in [0.1, 0.15) is 18.9 Å². The van der Waals surface area contributed by atoms with Crippen molar-refractivity contribution >= 4 is 47.3 Å². The molecule has 1 saturated carbocycles. The molecule has 0 atom stereocenters. The van der Waals surface area contributed by atoms with E-state index in [1.165, 1.54) is 0 Å². The summed E-state index contributed by atoms with van der Waals surface area (Å²) in [5, 5.41) is 7.99. The Balaban J connectivity index is 2.22. The van der Waals surface area contributed by atoms with Gasteiger partial charge in [-0.25, -0.2) is 8.42 Å². The molecular weight excluding hydrogens is 389 g/mol. The Bertz CT molecular complexity index is 767. The van der Waals surface area contributed by atoms with E-state index in [0.717, 1.165) is 17.3 Å². The Morgan fingerprint density at radius 3 is 2.50 bits per heavy atom. The Labute approximate surface area is 133 Å². The number of nitrogens with zero attached hydrogens (tertiary/aromatic N) is 3. The van der Waals surface area contributed by atoms with Gasteiger partial charge in [-0.1, -0.05) is 27.5 Å². The van der Waals surface area contributed by atoms with Crippen LogP contribution in [-0.4, -0.2) is 23.2 Å². The van der Waals surface area contributed by atoms with Crippen LogP contribution in [0.3, 0.4) is 0 Å². The SMILES string of the molecule is O=S(=O)(Cl)c1nnc(-c2cc(Cl)cc(Br)c2)n1C1CC1. The third-order valence-electron chi connectivity index (χ3n) is 2.92. The van der Waals surface area contributed by atoms with E-state index in [9.17, 15) is 8.42 Å². The summed E-state index contributed by atoms with van der Waals surface area (Å²) in [5.74, 6) is 0.454. The summed E-state index contributed by atoms with van der Waals surface area (Å²) in [5.41, 5.74) is 0.690. The monoisotopic (exact) mass is 395 g/mol. The Hall–Kier alpha value is -0.630. The molecule has 3 rings (SSSR count).